The lowest BCUT2D eigenvalue weighted by molar-refractivity contribution is 0.583. The van der Waals surface area contributed by atoms with Gasteiger partial charge in [0, 0.05) is 56.3 Å². The van der Waals surface area contributed by atoms with E-state index in [4.69, 9.17) is 4.98 Å². The van der Waals surface area contributed by atoms with Gasteiger partial charge in [-0.05, 0) is 38.1 Å². The van der Waals surface area contributed by atoms with Crippen molar-refractivity contribution in [2.24, 2.45) is 21.1 Å². The predicted molar refractivity (Wildman–Crippen MR) is 137 cm³/mol. The van der Waals surface area contributed by atoms with E-state index in [9.17, 15) is 4.79 Å². The van der Waals surface area contributed by atoms with Gasteiger partial charge in [-0.25, -0.2) is 19.2 Å². The number of rotatable bonds is 4. The zero-order valence-corrected chi connectivity index (χ0v) is 20.6. The van der Waals surface area contributed by atoms with Gasteiger partial charge in [-0.3, -0.25) is 18.4 Å². The molecule has 0 fully saturated rings. The zero-order valence-electron chi connectivity index (χ0n) is 20.6. The molecule has 0 atom stereocenters. The van der Waals surface area contributed by atoms with Crippen LogP contribution in [0.5, 0.6) is 0 Å². The van der Waals surface area contributed by atoms with Gasteiger partial charge >= 0.3 is 5.69 Å². The molecule has 0 amide bonds. The molecule has 0 aliphatic carbocycles. The van der Waals surface area contributed by atoms with Crippen molar-refractivity contribution in [1.82, 2.24) is 38.0 Å². The molecule has 0 radical (unpaired) electrons. The molecule has 36 heavy (non-hydrogen) atoms. The molecule has 6 rings (SSSR count). The second-order valence-corrected chi connectivity index (χ2v) is 9.36. The lowest BCUT2D eigenvalue weighted by atomic mass is 10.1. The van der Waals surface area contributed by atoms with Crippen molar-refractivity contribution >= 4 is 22.1 Å². The molecule has 0 saturated heterocycles. The molecule has 0 N–H and O–H groups in total. The number of nitrogens with zero attached hydrogens (tertiary/aromatic N) is 8. The molecule has 0 spiro atoms. The topological polar surface area (TPSA) is 80.4 Å². The third-order valence-electron chi connectivity index (χ3n) is 6.65. The fourth-order valence-electron chi connectivity index (χ4n) is 4.88. The minimum Gasteiger partial charge on any atom is -0.331 e. The molecule has 0 saturated carbocycles. The third kappa shape index (κ3) is 3.14. The number of hydrogen-bond donors (Lipinski definition) is 0. The van der Waals surface area contributed by atoms with Crippen molar-refractivity contribution in [2.75, 3.05) is 0 Å². The molecule has 4 aromatic heterocycles. The average Bonchev–Trinajstić information content (AvgIpc) is 3.59. The van der Waals surface area contributed by atoms with E-state index >= 15 is 4.39 Å². The summed E-state index contributed by atoms with van der Waals surface area (Å²) in [5.41, 5.74) is 5.48. The van der Waals surface area contributed by atoms with Crippen molar-refractivity contribution < 1.29 is 4.39 Å². The minimum absolute atomic E-state index is 0.0196. The highest BCUT2D eigenvalue weighted by molar-refractivity contribution is 5.88. The number of aryl methyl sites for hydroxylation is 3. The highest BCUT2D eigenvalue weighted by Crippen LogP contribution is 2.34. The summed E-state index contributed by atoms with van der Waals surface area (Å²) < 4.78 is 24.3. The molecule has 2 aromatic carbocycles. The molecule has 10 heteroatoms. The lowest BCUT2D eigenvalue weighted by Gasteiger charge is -2.12. The summed E-state index contributed by atoms with van der Waals surface area (Å²) in [7, 11) is 5.45. The number of aromatic nitrogens is 8. The van der Waals surface area contributed by atoms with E-state index in [1.807, 2.05) is 48.2 Å². The van der Waals surface area contributed by atoms with Crippen LogP contribution in [0.15, 0.2) is 60.0 Å². The zero-order chi connectivity index (χ0) is 25.3. The van der Waals surface area contributed by atoms with Crippen LogP contribution in [-0.4, -0.2) is 38.0 Å². The maximum absolute atomic E-state index is 15.5. The second kappa shape index (κ2) is 7.77. The first-order chi connectivity index (χ1) is 17.2. The van der Waals surface area contributed by atoms with Gasteiger partial charge in [-0.15, -0.1) is 0 Å². The number of hydrogen-bond acceptors (Lipinski definition) is 4. The molecule has 9 nitrogen and oxygen atoms in total. The third-order valence-corrected chi connectivity index (χ3v) is 6.65. The largest absolute Gasteiger partial charge is 0.331 e. The van der Waals surface area contributed by atoms with Crippen molar-refractivity contribution in [3.05, 3.63) is 71.6 Å². The predicted octanol–water partition coefficient (Wildman–Crippen LogP) is 4.20. The first kappa shape index (κ1) is 22.0. The SMILES string of the molecule is CC(C)n1c(=O)n(C)c2cc(-n3c(-c4cncn4C)nc4cc(-c5cnn(C)c5)c(F)cc43)ccc21. The summed E-state index contributed by atoms with van der Waals surface area (Å²) >= 11 is 0. The van der Waals surface area contributed by atoms with E-state index in [0.29, 0.717) is 28.0 Å². The van der Waals surface area contributed by atoms with Crippen molar-refractivity contribution in [3.8, 4) is 28.3 Å². The average molecular weight is 485 g/mol. The Balaban J connectivity index is 1.66. The maximum atomic E-state index is 15.5. The molecule has 6 aromatic rings. The number of benzene rings is 2. The lowest BCUT2D eigenvalue weighted by Crippen LogP contribution is -2.23. The van der Waals surface area contributed by atoms with Crippen molar-refractivity contribution in [2.45, 2.75) is 19.9 Å². The normalized spacial score (nSPS) is 12.0. The van der Waals surface area contributed by atoms with Crippen LogP contribution in [0.1, 0.15) is 19.9 Å². The van der Waals surface area contributed by atoms with Crippen LogP contribution >= 0.6 is 0 Å². The molecule has 4 heterocycles. The second-order valence-electron chi connectivity index (χ2n) is 9.36. The fraction of sp³-hybridized carbons (Fsp3) is 0.231. The van der Waals surface area contributed by atoms with Gasteiger partial charge in [-0.2, -0.15) is 5.10 Å². The highest BCUT2D eigenvalue weighted by Gasteiger charge is 2.21. The Kier molecular flexibility index (Phi) is 4.75. The summed E-state index contributed by atoms with van der Waals surface area (Å²) in [6, 6.07) is 9.10. The summed E-state index contributed by atoms with van der Waals surface area (Å²) in [6.07, 6.45) is 6.85. The smallest absolute Gasteiger partial charge is 0.329 e. The maximum Gasteiger partial charge on any atom is 0.329 e. The Morgan fingerprint density at radius 3 is 2.44 bits per heavy atom. The Morgan fingerprint density at radius 1 is 0.972 bits per heavy atom. The van der Waals surface area contributed by atoms with Crippen molar-refractivity contribution in [3.63, 3.8) is 0 Å². The Hall–Kier alpha value is -4.47. The van der Waals surface area contributed by atoms with Gasteiger partial charge in [0.05, 0.1) is 40.8 Å². The van der Waals surface area contributed by atoms with Gasteiger partial charge in [0.2, 0.25) is 0 Å². The van der Waals surface area contributed by atoms with Crippen molar-refractivity contribution in [1.29, 1.82) is 0 Å². The van der Waals surface area contributed by atoms with E-state index in [1.54, 1.807) is 58.9 Å². The van der Waals surface area contributed by atoms with Gasteiger partial charge in [0.25, 0.3) is 0 Å². The van der Waals surface area contributed by atoms with E-state index in [-0.39, 0.29) is 17.5 Å². The molecule has 0 unspecified atom stereocenters. The minimum atomic E-state index is -0.368. The van der Waals surface area contributed by atoms with Crippen LogP contribution in [0, 0.1) is 5.82 Å². The summed E-state index contributed by atoms with van der Waals surface area (Å²) in [6.45, 7) is 3.97. The monoisotopic (exact) mass is 484 g/mol. The first-order valence-corrected chi connectivity index (χ1v) is 11.6. The Morgan fingerprint density at radius 2 is 1.78 bits per heavy atom. The van der Waals surface area contributed by atoms with Gasteiger partial charge in [-0.1, -0.05) is 0 Å². The molecule has 182 valence electrons. The van der Waals surface area contributed by atoms with Crippen LogP contribution < -0.4 is 5.69 Å². The van der Waals surface area contributed by atoms with Gasteiger partial charge < -0.3 is 4.57 Å². The van der Waals surface area contributed by atoms with Crippen LogP contribution in [0.4, 0.5) is 4.39 Å². The van der Waals surface area contributed by atoms with E-state index in [0.717, 1.165) is 22.4 Å². The summed E-state index contributed by atoms with van der Waals surface area (Å²) in [5.74, 6) is 0.257. The van der Waals surface area contributed by atoms with E-state index in [2.05, 4.69) is 10.1 Å². The molecule has 0 aliphatic heterocycles. The molecule has 0 bridgehead atoms. The summed E-state index contributed by atoms with van der Waals surface area (Å²) in [4.78, 5) is 22.1. The van der Waals surface area contributed by atoms with Gasteiger partial charge in [0.1, 0.15) is 11.5 Å². The summed E-state index contributed by atoms with van der Waals surface area (Å²) in [5, 5.41) is 4.18. The molecule has 0 aliphatic rings. The quantitative estimate of drug-likeness (QED) is 0.376. The van der Waals surface area contributed by atoms with E-state index < -0.39 is 0 Å². The standard InChI is InChI=1S/C26H25FN8O/c1-15(2)34-21-7-6-17(8-23(21)33(5)26(34)36)35-22-10-19(27)18(16-11-29-32(4)13-16)9-20(22)30-25(35)24-12-28-14-31(24)3/h6-15H,1-5H3. The fourth-order valence-corrected chi connectivity index (χ4v) is 4.88. The Labute approximate surface area is 205 Å². The first-order valence-electron chi connectivity index (χ1n) is 11.6. The number of imidazole rings is 3. The van der Waals surface area contributed by atoms with E-state index in [1.165, 1.54) is 6.07 Å². The van der Waals surface area contributed by atoms with Crippen LogP contribution in [0.2, 0.25) is 0 Å². The van der Waals surface area contributed by atoms with Gasteiger partial charge in [0.15, 0.2) is 5.82 Å². The highest BCUT2D eigenvalue weighted by atomic mass is 19.1. The number of halogens is 1. The van der Waals surface area contributed by atoms with Crippen LogP contribution in [-0.2, 0) is 21.1 Å². The van der Waals surface area contributed by atoms with Crippen LogP contribution in [0.25, 0.3) is 50.4 Å². The van der Waals surface area contributed by atoms with Crippen LogP contribution in [0.3, 0.4) is 0 Å². The molecular weight excluding hydrogens is 459 g/mol. The Bertz CT molecular complexity index is 1850. The molecular formula is C26H25FN8O. The number of fused-ring (bicyclic) bond motifs is 2.